The third-order valence-electron chi connectivity index (χ3n) is 5.73. The van der Waals surface area contributed by atoms with Crippen LogP contribution in [0.25, 0.3) is 0 Å². The molecule has 1 saturated heterocycles. The number of nitrogens with zero attached hydrogens (tertiary/aromatic N) is 2. The minimum Gasteiger partial charge on any atom is -0.356 e. The van der Waals surface area contributed by atoms with Crippen molar-refractivity contribution in [2.45, 2.75) is 65.8 Å². The van der Waals surface area contributed by atoms with Crippen LogP contribution in [-0.2, 0) is 4.79 Å². The minimum absolute atomic E-state index is 0.0772. The van der Waals surface area contributed by atoms with Crippen molar-refractivity contribution in [3.05, 3.63) is 0 Å². The van der Waals surface area contributed by atoms with Gasteiger partial charge in [-0.05, 0) is 30.6 Å². The molecule has 0 aromatic rings. The summed E-state index contributed by atoms with van der Waals surface area (Å²) in [5.41, 5.74) is 0.295. The van der Waals surface area contributed by atoms with E-state index in [1.54, 1.807) is 0 Å². The first-order valence-corrected chi connectivity index (χ1v) is 9.59. The van der Waals surface area contributed by atoms with E-state index in [4.69, 9.17) is 0 Å². The van der Waals surface area contributed by atoms with Gasteiger partial charge in [0.05, 0.1) is 0 Å². The summed E-state index contributed by atoms with van der Waals surface area (Å²) in [5, 5.41) is 7.01. The Morgan fingerprint density at radius 1 is 1.25 bits per heavy atom. The Hall–Kier alpha value is -1.26. The van der Waals surface area contributed by atoms with E-state index in [-0.39, 0.29) is 11.8 Å². The van der Waals surface area contributed by atoms with Gasteiger partial charge < -0.3 is 15.5 Å². The first kappa shape index (κ1) is 19.1. The van der Waals surface area contributed by atoms with Gasteiger partial charge in [-0.1, -0.05) is 40.5 Å². The number of likely N-dealkylation sites (tertiary alicyclic amines) is 1. The van der Waals surface area contributed by atoms with Crippen molar-refractivity contribution >= 4 is 11.9 Å². The monoisotopic (exact) mass is 336 g/mol. The van der Waals surface area contributed by atoms with E-state index in [0.717, 1.165) is 37.9 Å². The number of guanidine groups is 1. The van der Waals surface area contributed by atoms with E-state index in [1.807, 2.05) is 25.8 Å². The van der Waals surface area contributed by atoms with Gasteiger partial charge in [-0.2, -0.15) is 0 Å². The summed E-state index contributed by atoms with van der Waals surface area (Å²) in [6.07, 6.45) is 6.46. The number of hydrogen-bond acceptors (Lipinski definition) is 2. The van der Waals surface area contributed by atoms with Crippen LogP contribution in [0.2, 0.25) is 0 Å². The molecular formula is C19H36N4O. The molecule has 1 saturated carbocycles. The fourth-order valence-corrected chi connectivity index (χ4v) is 3.99. The number of amides is 1. The lowest BCUT2D eigenvalue weighted by molar-refractivity contribution is -0.133. The molecule has 2 aliphatic rings. The van der Waals surface area contributed by atoms with E-state index >= 15 is 0 Å². The molecule has 2 rings (SSSR count). The molecule has 1 unspecified atom stereocenters. The second-order valence-electron chi connectivity index (χ2n) is 8.46. The van der Waals surface area contributed by atoms with Crippen molar-refractivity contribution in [1.29, 1.82) is 0 Å². The van der Waals surface area contributed by atoms with Crippen LogP contribution < -0.4 is 10.6 Å². The number of aliphatic imine (C=N–C) groups is 1. The zero-order chi connectivity index (χ0) is 17.7. The molecule has 1 atom stereocenters. The summed E-state index contributed by atoms with van der Waals surface area (Å²) in [5.74, 6) is 2.01. The average Bonchev–Trinajstić information content (AvgIpc) is 3.22. The highest BCUT2D eigenvalue weighted by Gasteiger charge is 2.32. The number of hydrogen-bond donors (Lipinski definition) is 2. The zero-order valence-corrected chi connectivity index (χ0v) is 16.2. The number of nitrogens with one attached hydrogen (secondary N) is 2. The molecule has 1 amide bonds. The van der Waals surface area contributed by atoms with Crippen LogP contribution in [0.5, 0.6) is 0 Å². The van der Waals surface area contributed by atoms with Gasteiger partial charge in [-0.25, -0.2) is 0 Å². The van der Waals surface area contributed by atoms with Crippen LogP contribution in [0.3, 0.4) is 0 Å². The van der Waals surface area contributed by atoms with Gasteiger partial charge in [0.2, 0.25) is 5.91 Å². The smallest absolute Gasteiger partial charge is 0.225 e. The lowest BCUT2D eigenvalue weighted by Crippen LogP contribution is -2.48. The number of rotatable bonds is 5. The van der Waals surface area contributed by atoms with Gasteiger partial charge in [0.1, 0.15) is 0 Å². The standard InChI is InChI=1S/C19H36N4O/c1-14(2)17(24)23-11-10-16(12-23)22-18(20-5)21-13-19(3,4)15-8-6-7-9-15/h14-16H,6-13H2,1-5H3,(H2,20,21,22). The van der Waals surface area contributed by atoms with Gasteiger partial charge in [0.25, 0.3) is 0 Å². The Bertz CT molecular complexity index is 452. The van der Waals surface area contributed by atoms with Crippen molar-refractivity contribution in [2.24, 2.45) is 22.2 Å². The van der Waals surface area contributed by atoms with Crippen molar-refractivity contribution in [1.82, 2.24) is 15.5 Å². The molecule has 2 N–H and O–H groups in total. The average molecular weight is 337 g/mol. The summed E-state index contributed by atoms with van der Waals surface area (Å²) in [7, 11) is 1.82. The van der Waals surface area contributed by atoms with Gasteiger partial charge in [-0.15, -0.1) is 0 Å². The molecule has 0 radical (unpaired) electrons. The fraction of sp³-hybridized carbons (Fsp3) is 0.895. The molecule has 1 aliphatic carbocycles. The first-order chi connectivity index (χ1) is 11.3. The molecular weight excluding hydrogens is 300 g/mol. The normalized spacial score (nSPS) is 23.2. The van der Waals surface area contributed by atoms with Crippen LogP contribution in [0.1, 0.15) is 59.8 Å². The van der Waals surface area contributed by atoms with Crippen molar-refractivity contribution in [3.63, 3.8) is 0 Å². The molecule has 5 heteroatoms. The van der Waals surface area contributed by atoms with Gasteiger partial charge in [0.15, 0.2) is 5.96 Å². The lowest BCUT2D eigenvalue weighted by atomic mass is 9.78. The third kappa shape index (κ3) is 4.87. The van der Waals surface area contributed by atoms with E-state index in [2.05, 4.69) is 29.5 Å². The molecule has 0 spiro atoms. The summed E-state index contributed by atoms with van der Waals surface area (Å²) in [6, 6.07) is 0.300. The third-order valence-corrected chi connectivity index (χ3v) is 5.73. The van der Waals surface area contributed by atoms with Crippen molar-refractivity contribution in [2.75, 3.05) is 26.7 Å². The predicted molar refractivity (Wildman–Crippen MR) is 100 cm³/mol. The Morgan fingerprint density at radius 2 is 1.92 bits per heavy atom. The molecule has 5 nitrogen and oxygen atoms in total. The maximum atomic E-state index is 12.1. The highest BCUT2D eigenvalue weighted by atomic mass is 16.2. The van der Waals surface area contributed by atoms with Crippen molar-refractivity contribution < 1.29 is 4.79 Å². The van der Waals surface area contributed by atoms with Crippen LogP contribution in [-0.4, -0.2) is 49.5 Å². The molecule has 1 heterocycles. The Morgan fingerprint density at radius 3 is 2.50 bits per heavy atom. The SMILES string of the molecule is CN=C(NCC(C)(C)C1CCCC1)NC1CCN(C(=O)C(C)C)C1. The summed E-state index contributed by atoms with van der Waals surface area (Å²) < 4.78 is 0. The Labute approximate surface area is 147 Å². The fourth-order valence-electron chi connectivity index (χ4n) is 3.99. The summed E-state index contributed by atoms with van der Waals surface area (Å²) in [4.78, 5) is 18.4. The Balaban J connectivity index is 1.80. The number of carbonyl (C=O) groups excluding carboxylic acids is 1. The van der Waals surface area contributed by atoms with Crippen LogP contribution in [0, 0.1) is 17.3 Å². The predicted octanol–water partition coefficient (Wildman–Crippen LogP) is 2.62. The minimum atomic E-state index is 0.0772. The molecule has 0 aromatic heterocycles. The van der Waals surface area contributed by atoms with E-state index in [1.165, 1.54) is 25.7 Å². The second-order valence-corrected chi connectivity index (χ2v) is 8.46. The molecule has 0 aromatic carbocycles. The molecule has 138 valence electrons. The molecule has 2 fully saturated rings. The van der Waals surface area contributed by atoms with E-state index in [0.29, 0.717) is 11.5 Å². The van der Waals surface area contributed by atoms with E-state index < -0.39 is 0 Å². The second kappa shape index (κ2) is 8.21. The molecule has 1 aliphatic heterocycles. The lowest BCUT2D eigenvalue weighted by Gasteiger charge is -2.32. The first-order valence-electron chi connectivity index (χ1n) is 9.59. The Kier molecular flexibility index (Phi) is 6.53. The van der Waals surface area contributed by atoms with E-state index in [9.17, 15) is 4.79 Å². The largest absolute Gasteiger partial charge is 0.356 e. The van der Waals surface area contributed by atoms with Gasteiger partial charge in [0, 0.05) is 38.6 Å². The highest BCUT2D eigenvalue weighted by Crippen LogP contribution is 2.38. The summed E-state index contributed by atoms with van der Waals surface area (Å²) in [6.45, 7) is 11.2. The van der Waals surface area contributed by atoms with Gasteiger partial charge in [-0.3, -0.25) is 9.79 Å². The maximum absolute atomic E-state index is 12.1. The van der Waals surface area contributed by atoms with Gasteiger partial charge >= 0.3 is 0 Å². The van der Waals surface area contributed by atoms with Crippen LogP contribution >= 0.6 is 0 Å². The molecule has 0 bridgehead atoms. The summed E-state index contributed by atoms with van der Waals surface area (Å²) >= 11 is 0. The maximum Gasteiger partial charge on any atom is 0.225 e. The zero-order valence-electron chi connectivity index (χ0n) is 16.2. The van der Waals surface area contributed by atoms with Crippen molar-refractivity contribution in [3.8, 4) is 0 Å². The molecule has 24 heavy (non-hydrogen) atoms. The quantitative estimate of drug-likeness (QED) is 0.599. The van der Waals surface area contributed by atoms with Crippen LogP contribution in [0.15, 0.2) is 4.99 Å². The number of carbonyl (C=O) groups is 1. The topological polar surface area (TPSA) is 56.7 Å². The highest BCUT2D eigenvalue weighted by molar-refractivity contribution is 5.81. The van der Waals surface area contributed by atoms with Crippen LogP contribution in [0.4, 0.5) is 0 Å².